The quantitative estimate of drug-likeness (QED) is 0.634. The molecule has 0 spiro atoms. The van der Waals surface area contributed by atoms with Gasteiger partial charge in [0, 0.05) is 0 Å². The number of hydrogen-bond acceptors (Lipinski definition) is 3. The summed E-state index contributed by atoms with van der Waals surface area (Å²) in [7, 11) is 0. The van der Waals surface area contributed by atoms with Crippen molar-refractivity contribution in [2.45, 2.75) is 19.4 Å². The van der Waals surface area contributed by atoms with Crippen molar-refractivity contribution in [3.63, 3.8) is 0 Å². The summed E-state index contributed by atoms with van der Waals surface area (Å²) in [5, 5.41) is 18.2. The molecule has 0 radical (unpaired) electrons. The van der Waals surface area contributed by atoms with E-state index in [0.29, 0.717) is 0 Å². The van der Waals surface area contributed by atoms with Crippen LogP contribution < -0.4 is 5.73 Å². The highest BCUT2D eigenvalue weighted by atomic mass is 16.3. The van der Waals surface area contributed by atoms with E-state index in [-0.39, 0.29) is 12.4 Å². The van der Waals surface area contributed by atoms with Gasteiger partial charge in [0.25, 0.3) is 0 Å². The second kappa shape index (κ2) is 3.36. The van der Waals surface area contributed by atoms with E-state index < -0.39 is 5.54 Å². The number of phenolic OH excluding ortho intramolecular Hbond substituents is 1. The molecule has 72 valence electrons. The van der Waals surface area contributed by atoms with Crippen LogP contribution in [0.3, 0.4) is 0 Å². The molecule has 0 unspecified atom stereocenters. The zero-order valence-electron chi connectivity index (χ0n) is 7.91. The van der Waals surface area contributed by atoms with Gasteiger partial charge in [0.2, 0.25) is 0 Å². The van der Waals surface area contributed by atoms with Crippen molar-refractivity contribution < 1.29 is 10.2 Å². The Kier molecular flexibility index (Phi) is 2.59. The highest BCUT2D eigenvalue weighted by Gasteiger charge is 2.21. The maximum Gasteiger partial charge on any atom is 0.115 e. The van der Waals surface area contributed by atoms with Gasteiger partial charge in [0.15, 0.2) is 0 Å². The number of aryl methyl sites for hydroxylation is 1. The summed E-state index contributed by atoms with van der Waals surface area (Å²) in [6, 6.07) is 4.94. The Morgan fingerprint density at radius 2 is 2.08 bits per heavy atom. The number of rotatable bonds is 2. The molecule has 0 bridgehead atoms. The van der Waals surface area contributed by atoms with Gasteiger partial charge < -0.3 is 15.9 Å². The SMILES string of the molecule is Cc1cc(O)ccc1[C@@](C)(N)CO. The molecule has 0 saturated carbocycles. The normalized spacial score (nSPS) is 15.4. The van der Waals surface area contributed by atoms with Crippen LogP contribution in [0.1, 0.15) is 18.1 Å². The Hall–Kier alpha value is -1.06. The summed E-state index contributed by atoms with van der Waals surface area (Å²) in [6.07, 6.45) is 0. The standard InChI is InChI=1S/C10H15NO2/c1-7-5-8(13)3-4-9(7)10(2,11)6-12/h3-5,12-13H,6,11H2,1-2H3/t10-/m0/s1. The van der Waals surface area contributed by atoms with E-state index in [0.717, 1.165) is 11.1 Å². The molecular formula is C10H15NO2. The number of nitrogens with two attached hydrogens (primary N) is 1. The average Bonchev–Trinajstić information content (AvgIpc) is 2.03. The van der Waals surface area contributed by atoms with E-state index in [1.54, 1.807) is 25.1 Å². The summed E-state index contributed by atoms with van der Waals surface area (Å²) < 4.78 is 0. The Morgan fingerprint density at radius 3 is 2.54 bits per heavy atom. The first-order valence-electron chi connectivity index (χ1n) is 4.17. The van der Waals surface area contributed by atoms with Crippen LogP contribution in [-0.4, -0.2) is 16.8 Å². The predicted octanol–water partition coefficient (Wildman–Crippen LogP) is 0.867. The molecule has 1 aromatic rings. The van der Waals surface area contributed by atoms with Crippen molar-refractivity contribution in [1.82, 2.24) is 0 Å². The molecule has 0 aromatic heterocycles. The number of aromatic hydroxyl groups is 1. The van der Waals surface area contributed by atoms with Crippen LogP contribution in [0, 0.1) is 6.92 Å². The number of phenols is 1. The maximum atomic E-state index is 9.17. The third-order valence-electron chi connectivity index (χ3n) is 2.15. The van der Waals surface area contributed by atoms with E-state index >= 15 is 0 Å². The number of aliphatic hydroxyl groups excluding tert-OH is 1. The molecule has 3 heteroatoms. The molecule has 3 nitrogen and oxygen atoms in total. The minimum atomic E-state index is -0.738. The van der Waals surface area contributed by atoms with Crippen LogP contribution in [-0.2, 0) is 5.54 Å². The third-order valence-corrected chi connectivity index (χ3v) is 2.15. The van der Waals surface area contributed by atoms with Crippen LogP contribution >= 0.6 is 0 Å². The summed E-state index contributed by atoms with van der Waals surface area (Å²) >= 11 is 0. The van der Waals surface area contributed by atoms with Gasteiger partial charge in [-0.25, -0.2) is 0 Å². The van der Waals surface area contributed by atoms with E-state index in [2.05, 4.69) is 0 Å². The summed E-state index contributed by atoms with van der Waals surface area (Å²) in [5.41, 5.74) is 6.86. The van der Waals surface area contributed by atoms with Crippen LogP contribution in [0.5, 0.6) is 5.75 Å². The van der Waals surface area contributed by atoms with E-state index in [9.17, 15) is 5.11 Å². The largest absolute Gasteiger partial charge is 0.508 e. The van der Waals surface area contributed by atoms with E-state index in [1.807, 2.05) is 6.92 Å². The Labute approximate surface area is 77.8 Å². The summed E-state index contributed by atoms with van der Waals surface area (Å²) in [6.45, 7) is 3.50. The maximum absolute atomic E-state index is 9.17. The second-order valence-electron chi connectivity index (χ2n) is 3.57. The molecule has 0 heterocycles. The Morgan fingerprint density at radius 1 is 1.46 bits per heavy atom. The minimum Gasteiger partial charge on any atom is -0.508 e. The lowest BCUT2D eigenvalue weighted by molar-refractivity contribution is 0.209. The van der Waals surface area contributed by atoms with E-state index in [4.69, 9.17) is 10.8 Å². The molecule has 0 aliphatic carbocycles. The fraction of sp³-hybridized carbons (Fsp3) is 0.400. The molecule has 0 amide bonds. The van der Waals surface area contributed by atoms with Gasteiger partial charge >= 0.3 is 0 Å². The third kappa shape index (κ3) is 1.99. The monoisotopic (exact) mass is 181 g/mol. The van der Waals surface area contributed by atoms with Crippen molar-refractivity contribution in [1.29, 1.82) is 0 Å². The molecule has 0 aliphatic heterocycles. The number of aliphatic hydroxyl groups is 1. The highest BCUT2D eigenvalue weighted by molar-refractivity contribution is 5.37. The van der Waals surface area contributed by atoms with Crippen LogP contribution in [0.2, 0.25) is 0 Å². The van der Waals surface area contributed by atoms with Gasteiger partial charge in [-0.3, -0.25) is 0 Å². The van der Waals surface area contributed by atoms with Gasteiger partial charge in [-0.05, 0) is 37.1 Å². The van der Waals surface area contributed by atoms with Gasteiger partial charge in [-0.15, -0.1) is 0 Å². The zero-order valence-corrected chi connectivity index (χ0v) is 7.91. The molecule has 13 heavy (non-hydrogen) atoms. The highest BCUT2D eigenvalue weighted by Crippen LogP contribution is 2.24. The van der Waals surface area contributed by atoms with Gasteiger partial charge in [-0.1, -0.05) is 6.07 Å². The average molecular weight is 181 g/mol. The van der Waals surface area contributed by atoms with Crippen LogP contribution in [0.15, 0.2) is 18.2 Å². The first kappa shape index (κ1) is 10.0. The first-order chi connectivity index (χ1) is 5.97. The molecule has 0 saturated heterocycles. The van der Waals surface area contributed by atoms with Crippen LogP contribution in [0.25, 0.3) is 0 Å². The van der Waals surface area contributed by atoms with Crippen molar-refractivity contribution in [3.05, 3.63) is 29.3 Å². The smallest absolute Gasteiger partial charge is 0.115 e. The van der Waals surface area contributed by atoms with Crippen molar-refractivity contribution in [2.24, 2.45) is 5.73 Å². The molecule has 0 aliphatic rings. The molecular weight excluding hydrogens is 166 g/mol. The summed E-state index contributed by atoms with van der Waals surface area (Å²) in [4.78, 5) is 0. The lowest BCUT2D eigenvalue weighted by Gasteiger charge is -2.24. The second-order valence-corrected chi connectivity index (χ2v) is 3.57. The number of benzene rings is 1. The first-order valence-corrected chi connectivity index (χ1v) is 4.17. The topological polar surface area (TPSA) is 66.5 Å². The Balaban J connectivity index is 3.16. The summed E-state index contributed by atoms with van der Waals surface area (Å²) in [5.74, 6) is 0.218. The lowest BCUT2D eigenvalue weighted by Crippen LogP contribution is -2.37. The van der Waals surface area contributed by atoms with Gasteiger partial charge in [0.05, 0.1) is 12.1 Å². The van der Waals surface area contributed by atoms with Crippen molar-refractivity contribution in [2.75, 3.05) is 6.61 Å². The lowest BCUT2D eigenvalue weighted by atomic mass is 9.90. The Bertz CT molecular complexity index is 308. The van der Waals surface area contributed by atoms with Crippen molar-refractivity contribution >= 4 is 0 Å². The van der Waals surface area contributed by atoms with Crippen molar-refractivity contribution in [3.8, 4) is 5.75 Å². The fourth-order valence-electron chi connectivity index (χ4n) is 1.37. The van der Waals surface area contributed by atoms with E-state index in [1.165, 1.54) is 0 Å². The fourth-order valence-corrected chi connectivity index (χ4v) is 1.37. The number of hydrogen-bond donors (Lipinski definition) is 3. The van der Waals surface area contributed by atoms with Gasteiger partial charge in [-0.2, -0.15) is 0 Å². The minimum absolute atomic E-state index is 0.112. The molecule has 0 fully saturated rings. The molecule has 1 rings (SSSR count). The molecule has 1 atom stereocenters. The molecule has 1 aromatic carbocycles. The predicted molar refractivity (Wildman–Crippen MR) is 51.5 cm³/mol. The van der Waals surface area contributed by atoms with Crippen LogP contribution in [0.4, 0.5) is 0 Å². The van der Waals surface area contributed by atoms with Gasteiger partial charge in [0.1, 0.15) is 5.75 Å². The zero-order chi connectivity index (χ0) is 10.1. The molecule has 4 N–H and O–H groups in total.